The van der Waals surface area contributed by atoms with Crippen LogP contribution in [0.15, 0.2) is 24.4 Å². The Bertz CT molecular complexity index is 444. The summed E-state index contributed by atoms with van der Waals surface area (Å²) in [4.78, 5) is 3.65. The van der Waals surface area contributed by atoms with E-state index in [0.717, 1.165) is 7.05 Å². The molecule has 0 aliphatic heterocycles. The summed E-state index contributed by atoms with van der Waals surface area (Å²) in [6.07, 6.45) is -3.46. The molecule has 0 saturated carbocycles. The fourth-order valence-corrected chi connectivity index (χ4v) is 1.99. The maximum atomic E-state index is 12.0. The predicted octanol–water partition coefficient (Wildman–Crippen LogP) is 1.41. The van der Waals surface area contributed by atoms with Crippen LogP contribution in [0.2, 0.25) is 0 Å². The number of rotatable bonds is 3. The van der Waals surface area contributed by atoms with Gasteiger partial charge in [0.2, 0.25) is 10.0 Å². The Morgan fingerprint density at radius 3 is 2.44 bits per heavy atom. The Morgan fingerprint density at radius 2 is 2.00 bits per heavy atom. The molecule has 0 atom stereocenters. The second kappa shape index (κ2) is 4.28. The Labute approximate surface area is 90.8 Å². The van der Waals surface area contributed by atoms with Crippen molar-refractivity contribution in [2.24, 2.45) is 0 Å². The minimum atomic E-state index is -4.76. The monoisotopic (exact) mass is 254 g/mol. The lowest BCUT2D eigenvalue weighted by Gasteiger charge is -2.18. The molecule has 90 valence electrons. The van der Waals surface area contributed by atoms with Gasteiger partial charge in [0.15, 0.2) is 5.75 Å². The summed E-state index contributed by atoms with van der Waals surface area (Å²) in [5, 5.41) is 0. The molecule has 1 aromatic heterocycles. The first-order chi connectivity index (χ1) is 7.22. The lowest BCUT2D eigenvalue weighted by atomic mass is 10.5. The van der Waals surface area contributed by atoms with Gasteiger partial charge in [-0.2, -0.15) is 13.2 Å². The first kappa shape index (κ1) is 12.8. The van der Waals surface area contributed by atoms with Gasteiger partial charge in [-0.1, -0.05) is 6.07 Å². The summed E-state index contributed by atoms with van der Waals surface area (Å²) in [5.41, 5.74) is 0. The van der Waals surface area contributed by atoms with Crippen LogP contribution in [0.1, 0.15) is 0 Å². The molecule has 8 heteroatoms. The minimum absolute atomic E-state index is 0.0493. The molecule has 0 aliphatic rings. The van der Waals surface area contributed by atoms with Gasteiger partial charge in [0.05, 0.1) is 0 Å². The zero-order valence-electron chi connectivity index (χ0n) is 8.27. The third kappa shape index (κ3) is 3.37. The van der Waals surface area contributed by atoms with E-state index in [0.29, 0.717) is 4.31 Å². The second-order valence-electron chi connectivity index (χ2n) is 3.03. The van der Waals surface area contributed by atoms with Crippen molar-refractivity contribution in [1.82, 2.24) is 4.98 Å². The molecule has 0 N–H and O–H groups in total. The van der Waals surface area contributed by atoms with Gasteiger partial charge in [-0.15, -0.1) is 0 Å². The van der Waals surface area contributed by atoms with Crippen LogP contribution in [-0.2, 0) is 10.0 Å². The molecular weight excluding hydrogens is 245 g/mol. The van der Waals surface area contributed by atoms with Gasteiger partial charge < -0.3 is 0 Å². The number of nitrogens with zero attached hydrogens (tertiary/aromatic N) is 2. The highest BCUT2D eigenvalue weighted by molar-refractivity contribution is 7.92. The van der Waals surface area contributed by atoms with E-state index >= 15 is 0 Å². The van der Waals surface area contributed by atoms with E-state index in [-0.39, 0.29) is 5.82 Å². The molecule has 0 spiro atoms. The molecule has 1 heterocycles. The third-order valence-corrected chi connectivity index (χ3v) is 3.45. The van der Waals surface area contributed by atoms with E-state index in [1.807, 2.05) is 0 Å². The molecule has 1 rings (SSSR count). The van der Waals surface area contributed by atoms with E-state index in [1.54, 1.807) is 0 Å². The number of aromatic nitrogens is 1. The zero-order chi connectivity index (χ0) is 12.4. The maximum Gasteiger partial charge on any atom is 0.404 e. The molecule has 0 unspecified atom stereocenters. The highest BCUT2D eigenvalue weighted by Gasteiger charge is 2.37. The highest BCUT2D eigenvalue weighted by Crippen LogP contribution is 2.21. The number of halogens is 3. The highest BCUT2D eigenvalue weighted by atomic mass is 32.2. The first-order valence-corrected chi connectivity index (χ1v) is 5.78. The van der Waals surface area contributed by atoms with Crippen LogP contribution in [0.5, 0.6) is 0 Å². The fourth-order valence-electron chi connectivity index (χ4n) is 0.986. The normalized spacial score (nSPS) is 12.5. The van der Waals surface area contributed by atoms with Crippen molar-refractivity contribution in [2.45, 2.75) is 6.18 Å². The van der Waals surface area contributed by atoms with Crippen molar-refractivity contribution in [1.29, 1.82) is 0 Å². The number of anilines is 1. The van der Waals surface area contributed by atoms with Gasteiger partial charge in [0.25, 0.3) is 0 Å². The molecule has 16 heavy (non-hydrogen) atoms. The van der Waals surface area contributed by atoms with Crippen LogP contribution in [0.25, 0.3) is 0 Å². The average Bonchev–Trinajstić information content (AvgIpc) is 2.14. The molecule has 0 fully saturated rings. The van der Waals surface area contributed by atoms with Crippen LogP contribution in [0.3, 0.4) is 0 Å². The van der Waals surface area contributed by atoms with Crippen LogP contribution in [0.4, 0.5) is 19.0 Å². The van der Waals surface area contributed by atoms with E-state index in [9.17, 15) is 21.6 Å². The Kier molecular flexibility index (Phi) is 3.41. The lowest BCUT2D eigenvalue weighted by molar-refractivity contribution is -0.106. The van der Waals surface area contributed by atoms with Gasteiger partial charge in [-0.05, 0) is 12.1 Å². The number of alkyl halides is 3. The van der Waals surface area contributed by atoms with Gasteiger partial charge in [0.1, 0.15) is 5.82 Å². The summed E-state index contributed by atoms with van der Waals surface area (Å²) in [6, 6.07) is 4.34. The summed E-state index contributed by atoms with van der Waals surface area (Å²) >= 11 is 0. The molecule has 0 saturated heterocycles. The summed E-state index contributed by atoms with van der Waals surface area (Å²) in [7, 11) is -3.39. The van der Waals surface area contributed by atoms with E-state index in [1.165, 1.54) is 24.4 Å². The smallest absolute Gasteiger partial charge is 0.257 e. The number of sulfonamides is 1. The molecule has 0 bridgehead atoms. The molecule has 0 radical (unpaired) electrons. The Hall–Kier alpha value is -1.31. The van der Waals surface area contributed by atoms with Crippen LogP contribution in [-0.4, -0.2) is 32.4 Å². The summed E-state index contributed by atoms with van der Waals surface area (Å²) in [5.74, 6) is -1.95. The molecule has 0 aliphatic carbocycles. The second-order valence-corrected chi connectivity index (χ2v) is 5.03. The van der Waals surface area contributed by atoms with E-state index < -0.39 is 22.0 Å². The molecule has 0 amide bonds. The summed E-state index contributed by atoms with van der Waals surface area (Å²) in [6.45, 7) is 0. The van der Waals surface area contributed by atoms with Crippen molar-refractivity contribution in [3.63, 3.8) is 0 Å². The molecule has 4 nitrogen and oxygen atoms in total. The quantitative estimate of drug-likeness (QED) is 0.819. The first-order valence-electron chi connectivity index (χ1n) is 4.17. The summed E-state index contributed by atoms with van der Waals surface area (Å²) < 4.78 is 59.1. The topological polar surface area (TPSA) is 50.3 Å². The predicted molar refractivity (Wildman–Crippen MR) is 52.5 cm³/mol. The average molecular weight is 254 g/mol. The maximum absolute atomic E-state index is 12.0. The van der Waals surface area contributed by atoms with E-state index in [4.69, 9.17) is 0 Å². The standard InChI is InChI=1S/C8H9F3N2O2S/c1-13(7-4-2-3-5-12-7)16(14,15)6-8(9,10)11/h2-5H,6H2,1H3. The molecule has 0 aromatic carbocycles. The van der Waals surface area contributed by atoms with E-state index in [2.05, 4.69) is 4.98 Å². The third-order valence-electron chi connectivity index (χ3n) is 1.74. The van der Waals surface area contributed by atoms with Gasteiger partial charge in [0, 0.05) is 13.2 Å². The van der Waals surface area contributed by atoms with Crippen LogP contribution < -0.4 is 4.31 Å². The fraction of sp³-hybridized carbons (Fsp3) is 0.375. The van der Waals surface area contributed by atoms with Crippen LogP contribution in [0, 0.1) is 0 Å². The van der Waals surface area contributed by atoms with Crippen molar-refractivity contribution in [3.05, 3.63) is 24.4 Å². The SMILES string of the molecule is CN(c1ccccn1)S(=O)(=O)CC(F)(F)F. The van der Waals surface area contributed by atoms with Gasteiger partial charge in [-0.3, -0.25) is 4.31 Å². The number of hydrogen-bond donors (Lipinski definition) is 0. The minimum Gasteiger partial charge on any atom is -0.257 e. The van der Waals surface area contributed by atoms with Gasteiger partial charge in [-0.25, -0.2) is 13.4 Å². The molecule has 1 aromatic rings. The lowest BCUT2D eigenvalue weighted by Crippen LogP contribution is -2.35. The number of hydrogen-bond acceptors (Lipinski definition) is 3. The van der Waals surface area contributed by atoms with Crippen molar-refractivity contribution in [3.8, 4) is 0 Å². The van der Waals surface area contributed by atoms with Crippen molar-refractivity contribution >= 4 is 15.8 Å². The zero-order valence-corrected chi connectivity index (χ0v) is 9.09. The Balaban J connectivity index is 2.94. The Morgan fingerprint density at radius 1 is 1.38 bits per heavy atom. The number of pyridine rings is 1. The van der Waals surface area contributed by atoms with Crippen molar-refractivity contribution < 1.29 is 21.6 Å². The van der Waals surface area contributed by atoms with Gasteiger partial charge >= 0.3 is 6.18 Å². The largest absolute Gasteiger partial charge is 0.404 e. The molecular formula is C8H9F3N2O2S. The van der Waals surface area contributed by atoms with Crippen molar-refractivity contribution in [2.75, 3.05) is 17.1 Å². The van der Waals surface area contributed by atoms with Crippen LogP contribution >= 0.6 is 0 Å².